The Hall–Kier alpha value is -4.46. The Morgan fingerprint density at radius 3 is 2.36 bits per heavy atom. The lowest BCUT2D eigenvalue weighted by molar-refractivity contribution is -0.132. The van der Waals surface area contributed by atoms with Gasteiger partial charge in [0.25, 0.3) is 11.7 Å². The Bertz CT molecular complexity index is 1350. The van der Waals surface area contributed by atoms with Crippen LogP contribution in [0.5, 0.6) is 17.2 Å². The average molecular weight is 487 g/mol. The van der Waals surface area contributed by atoms with Gasteiger partial charge in [-0.05, 0) is 61.0 Å². The first-order chi connectivity index (χ1) is 17.4. The van der Waals surface area contributed by atoms with Gasteiger partial charge in [0.05, 0.1) is 18.2 Å². The summed E-state index contributed by atoms with van der Waals surface area (Å²) in [6, 6.07) is 18.5. The maximum Gasteiger partial charge on any atom is 0.300 e. The second-order valence-electron chi connectivity index (χ2n) is 8.65. The first-order valence-electron chi connectivity index (χ1n) is 11.6. The summed E-state index contributed by atoms with van der Waals surface area (Å²) in [5.74, 6) is -0.0463. The van der Waals surface area contributed by atoms with E-state index < -0.39 is 17.7 Å². The molecule has 3 aromatic rings. The quantitative estimate of drug-likeness (QED) is 0.312. The lowest BCUT2D eigenvalue weighted by atomic mass is 9.95. The summed E-state index contributed by atoms with van der Waals surface area (Å²) in [5, 5.41) is 11.3. The summed E-state index contributed by atoms with van der Waals surface area (Å²) >= 11 is 0. The number of benzene rings is 3. The largest absolute Gasteiger partial charge is 0.507 e. The summed E-state index contributed by atoms with van der Waals surface area (Å²) in [4.78, 5) is 30.1. The molecule has 1 fully saturated rings. The average Bonchev–Trinajstić information content (AvgIpc) is 3.46. The normalized spacial score (nSPS) is 18.0. The molecule has 0 spiro atoms. The monoisotopic (exact) mass is 486 g/mol. The second kappa shape index (κ2) is 9.30. The Labute approximate surface area is 208 Å². The SMILES string of the molecule is CCOc1ccc(/C(O)=C2\C(=O)C(=O)N(c3ccc4c(c3)OCO4)C2c2ccc(N(C)C)cc2)cc1. The summed E-state index contributed by atoms with van der Waals surface area (Å²) < 4.78 is 16.4. The van der Waals surface area contributed by atoms with E-state index in [0.717, 1.165) is 5.69 Å². The molecule has 0 saturated carbocycles. The van der Waals surface area contributed by atoms with Crippen molar-refractivity contribution >= 4 is 28.8 Å². The Morgan fingerprint density at radius 2 is 1.69 bits per heavy atom. The molecule has 2 heterocycles. The maximum absolute atomic E-state index is 13.4. The number of rotatable bonds is 6. The Balaban J connectivity index is 1.65. The van der Waals surface area contributed by atoms with E-state index in [9.17, 15) is 14.7 Å². The summed E-state index contributed by atoms with van der Waals surface area (Å²) in [5.41, 5.74) is 2.54. The zero-order valence-corrected chi connectivity index (χ0v) is 20.2. The number of carbonyl (C=O) groups excluding carboxylic acids is 2. The van der Waals surface area contributed by atoms with Crippen molar-refractivity contribution in [2.24, 2.45) is 0 Å². The van der Waals surface area contributed by atoms with Crippen LogP contribution >= 0.6 is 0 Å². The van der Waals surface area contributed by atoms with Gasteiger partial charge in [0.1, 0.15) is 11.5 Å². The van der Waals surface area contributed by atoms with Crippen LogP contribution in [0.2, 0.25) is 0 Å². The number of carbonyl (C=O) groups is 2. The van der Waals surface area contributed by atoms with Gasteiger partial charge < -0.3 is 24.2 Å². The highest BCUT2D eigenvalue weighted by Gasteiger charge is 2.47. The number of nitrogens with zero attached hydrogens (tertiary/aromatic N) is 2. The van der Waals surface area contributed by atoms with Crippen LogP contribution in [-0.2, 0) is 9.59 Å². The number of hydrogen-bond donors (Lipinski definition) is 1. The number of ether oxygens (including phenoxy) is 3. The minimum Gasteiger partial charge on any atom is -0.507 e. The third-order valence-corrected chi connectivity index (χ3v) is 6.24. The number of anilines is 2. The predicted molar refractivity (Wildman–Crippen MR) is 136 cm³/mol. The first-order valence-corrected chi connectivity index (χ1v) is 11.6. The van der Waals surface area contributed by atoms with E-state index >= 15 is 0 Å². The fraction of sp³-hybridized carbons (Fsp3) is 0.214. The van der Waals surface area contributed by atoms with Crippen molar-refractivity contribution in [3.63, 3.8) is 0 Å². The molecule has 0 bridgehead atoms. The molecule has 0 radical (unpaired) electrons. The highest BCUT2D eigenvalue weighted by atomic mass is 16.7. The van der Waals surface area contributed by atoms with Crippen molar-refractivity contribution in [2.45, 2.75) is 13.0 Å². The fourth-order valence-electron chi connectivity index (χ4n) is 4.44. The van der Waals surface area contributed by atoms with Crippen LogP contribution in [0.15, 0.2) is 72.3 Å². The topological polar surface area (TPSA) is 88.5 Å². The van der Waals surface area contributed by atoms with Crippen LogP contribution in [0.4, 0.5) is 11.4 Å². The number of ketones is 1. The van der Waals surface area contributed by atoms with E-state index in [1.165, 1.54) is 4.90 Å². The third-order valence-electron chi connectivity index (χ3n) is 6.24. The lowest BCUT2D eigenvalue weighted by Crippen LogP contribution is -2.29. The minimum atomic E-state index is -0.840. The number of hydrogen-bond acceptors (Lipinski definition) is 7. The van der Waals surface area contributed by atoms with Gasteiger partial charge in [-0.2, -0.15) is 0 Å². The molecule has 8 nitrogen and oxygen atoms in total. The highest BCUT2D eigenvalue weighted by molar-refractivity contribution is 6.51. The number of amides is 1. The van der Waals surface area contributed by atoms with Crippen LogP contribution in [0, 0.1) is 0 Å². The van der Waals surface area contributed by atoms with Crippen LogP contribution in [-0.4, -0.2) is 44.3 Å². The molecule has 0 aromatic heterocycles. The summed E-state index contributed by atoms with van der Waals surface area (Å²) in [7, 11) is 3.86. The maximum atomic E-state index is 13.4. The molecule has 184 valence electrons. The zero-order chi connectivity index (χ0) is 25.4. The van der Waals surface area contributed by atoms with Crippen molar-refractivity contribution in [3.05, 3.63) is 83.4 Å². The lowest BCUT2D eigenvalue weighted by Gasteiger charge is -2.26. The fourth-order valence-corrected chi connectivity index (χ4v) is 4.44. The van der Waals surface area contributed by atoms with Gasteiger partial charge in [-0.25, -0.2) is 0 Å². The molecule has 2 aliphatic heterocycles. The molecule has 3 aromatic carbocycles. The smallest absolute Gasteiger partial charge is 0.300 e. The van der Waals surface area contributed by atoms with Crippen LogP contribution < -0.4 is 24.0 Å². The molecule has 8 heteroatoms. The van der Waals surface area contributed by atoms with Gasteiger partial charge in [0.15, 0.2) is 11.5 Å². The van der Waals surface area contributed by atoms with Crippen molar-refractivity contribution in [2.75, 3.05) is 37.3 Å². The van der Waals surface area contributed by atoms with Crippen molar-refractivity contribution in [1.29, 1.82) is 0 Å². The summed E-state index contributed by atoms with van der Waals surface area (Å²) in [6.07, 6.45) is 0. The van der Waals surface area contributed by atoms with E-state index in [4.69, 9.17) is 14.2 Å². The van der Waals surface area contributed by atoms with Crippen molar-refractivity contribution in [1.82, 2.24) is 0 Å². The molecule has 1 saturated heterocycles. The molecule has 1 N–H and O–H groups in total. The second-order valence-corrected chi connectivity index (χ2v) is 8.65. The van der Waals surface area contributed by atoms with Crippen LogP contribution in [0.3, 0.4) is 0 Å². The molecule has 36 heavy (non-hydrogen) atoms. The minimum absolute atomic E-state index is 0.0134. The summed E-state index contributed by atoms with van der Waals surface area (Å²) in [6.45, 7) is 2.48. The number of aliphatic hydroxyl groups excluding tert-OH is 1. The Morgan fingerprint density at radius 1 is 1.00 bits per heavy atom. The van der Waals surface area contributed by atoms with Gasteiger partial charge in [-0.3, -0.25) is 14.5 Å². The van der Waals surface area contributed by atoms with Gasteiger partial charge in [-0.15, -0.1) is 0 Å². The molecule has 2 aliphatic rings. The standard InChI is InChI=1S/C28H26N2O6/c1-4-34-21-12-7-18(8-13-21)26(31)24-25(17-5-9-19(10-6-17)29(2)3)30(28(33)27(24)32)20-11-14-22-23(15-20)36-16-35-22/h5-15,25,31H,4,16H2,1-3H3/b26-24+. The van der Waals surface area contributed by atoms with E-state index in [0.29, 0.717) is 40.7 Å². The molecule has 0 aliphatic carbocycles. The van der Waals surface area contributed by atoms with E-state index in [1.807, 2.05) is 50.2 Å². The van der Waals surface area contributed by atoms with E-state index in [2.05, 4.69) is 0 Å². The van der Waals surface area contributed by atoms with Crippen molar-refractivity contribution < 1.29 is 28.9 Å². The molecule has 1 atom stereocenters. The number of aliphatic hydroxyl groups is 1. The van der Waals surface area contributed by atoms with Gasteiger partial charge in [0, 0.05) is 37.1 Å². The van der Waals surface area contributed by atoms with Gasteiger partial charge in [-0.1, -0.05) is 12.1 Å². The molecule has 5 rings (SSSR count). The predicted octanol–water partition coefficient (Wildman–Crippen LogP) is 4.51. The number of Topliss-reactive ketones (excluding diaryl/α,β-unsaturated/α-hetero) is 1. The molecular weight excluding hydrogens is 460 g/mol. The van der Waals surface area contributed by atoms with Crippen LogP contribution in [0.25, 0.3) is 5.76 Å². The van der Waals surface area contributed by atoms with Gasteiger partial charge in [0.2, 0.25) is 6.79 Å². The molecule has 1 amide bonds. The molecular formula is C28H26N2O6. The molecule has 1 unspecified atom stereocenters. The third kappa shape index (κ3) is 4.00. The van der Waals surface area contributed by atoms with Gasteiger partial charge >= 0.3 is 0 Å². The van der Waals surface area contributed by atoms with Crippen molar-refractivity contribution in [3.8, 4) is 17.2 Å². The number of fused-ring (bicyclic) bond motifs is 1. The van der Waals surface area contributed by atoms with Crippen LogP contribution in [0.1, 0.15) is 24.1 Å². The zero-order valence-electron chi connectivity index (χ0n) is 20.2. The highest BCUT2D eigenvalue weighted by Crippen LogP contribution is 2.45. The Kier molecular flexibility index (Phi) is 6.01. The first kappa shape index (κ1) is 23.3. The van der Waals surface area contributed by atoms with E-state index in [-0.39, 0.29) is 18.1 Å². The van der Waals surface area contributed by atoms with E-state index in [1.54, 1.807) is 42.5 Å².